The quantitative estimate of drug-likeness (QED) is 0.768. The van der Waals surface area contributed by atoms with E-state index in [9.17, 15) is 4.79 Å². The van der Waals surface area contributed by atoms with Gasteiger partial charge in [0.2, 0.25) is 5.91 Å². The fourth-order valence-corrected chi connectivity index (χ4v) is 2.04. The zero-order chi connectivity index (χ0) is 14.3. The van der Waals surface area contributed by atoms with Crippen molar-refractivity contribution in [1.82, 2.24) is 5.32 Å². The van der Waals surface area contributed by atoms with Crippen LogP contribution in [-0.4, -0.2) is 32.5 Å². The van der Waals surface area contributed by atoms with Crippen molar-refractivity contribution in [2.75, 3.05) is 14.2 Å². The van der Waals surface area contributed by atoms with E-state index in [0.29, 0.717) is 6.42 Å². The van der Waals surface area contributed by atoms with E-state index in [4.69, 9.17) is 9.47 Å². The Labute approximate surface area is 115 Å². The van der Waals surface area contributed by atoms with E-state index >= 15 is 0 Å². The van der Waals surface area contributed by atoms with Gasteiger partial charge >= 0.3 is 0 Å². The number of rotatable bonds is 7. The molecule has 1 N–H and O–H groups in total. The van der Waals surface area contributed by atoms with Crippen LogP contribution in [0.2, 0.25) is 0 Å². The molecule has 0 saturated heterocycles. The number of benzene rings is 1. The Morgan fingerprint density at radius 3 is 2.47 bits per heavy atom. The van der Waals surface area contributed by atoms with Gasteiger partial charge in [-0.2, -0.15) is 0 Å². The molecule has 0 aliphatic rings. The van der Waals surface area contributed by atoms with Crippen molar-refractivity contribution in [1.29, 1.82) is 0 Å². The molecule has 1 rings (SSSR count). The largest absolute Gasteiger partial charge is 0.354 e. The van der Waals surface area contributed by atoms with Crippen molar-refractivity contribution in [3.05, 3.63) is 35.4 Å². The van der Waals surface area contributed by atoms with E-state index in [0.717, 1.165) is 6.42 Å². The fraction of sp³-hybridized carbons (Fsp3) is 0.533. The molecule has 0 spiro atoms. The Hall–Kier alpha value is -1.39. The van der Waals surface area contributed by atoms with E-state index in [1.165, 1.54) is 11.1 Å². The summed E-state index contributed by atoms with van der Waals surface area (Å²) in [7, 11) is 3.12. The van der Waals surface area contributed by atoms with Gasteiger partial charge in [0.25, 0.3) is 0 Å². The minimum absolute atomic E-state index is 0.00912. The lowest BCUT2D eigenvalue weighted by Gasteiger charge is -2.22. The fourth-order valence-electron chi connectivity index (χ4n) is 2.04. The third kappa shape index (κ3) is 5.01. The van der Waals surface area contributed by atoms with E-state index in [1.54, 1.807) is 14.2 Å². The molecular formula is C15H23NO3. The van der Waals surface area contributed by atoms with Gasteiger partial charge < -0.3 is 14.8 Å². The highest BCUT2D eigenvalue weighted by Crippen LogP contribution is 2.09. The second-order valence-corrected chi connectivity index (χ2v) is 4.62. The van der Waals surface area contributed by atoms with Crippen LogP contribution in [-0.2, 0) is 20.7 Å². The van der Waals surface area contributed by atoms with Crippen LogP contribution in [0.3, 0.4) is 0 Å². The van der Waals surface area contributed by atoms with E-state index in [2.05, 4.69) is 24.4 Å². The predicted molar refractivity (Wildman–Crippen MR) is 74.9 cm³/mol. The second kappa shape index (κ2) is 7.92. The molecule has 19 heavy (non-hydrogen) atoms. The Morgan fingerprint density at radius 1 is 1.26 bits per heavy atom. The summed E-state index contributed by atoms with van der Waals surface area (Å²) in [6, 6.07) is 7.94. The van der Waals surface area contributed by atoms with Crippen molar-refractivity contribution in [2.45, 2.75) is 39.0 Å². The first-order valence-corrected chi connectivity index (χ1v) is 6.48. The van der Waals surface area contributed by atoms with Gasteiger partial charge in [0.05, 0.1) is 6.04 Å². The van der Waals surface area contributed by atoms with Gasteiger partial charge in [-0.3, -0.25) is 4.79 Å². The molecular weight excluding hydrogens is 242 g/mol. The van der Waals surface area contributed by atoms with E-state index in [1.807, 2.05) is 19.1 Å². The number of aryl methyl sites for hydroxylation is 2. The summed E-state index contributed by atoms with van der Waals surface area (Å²) in [6.07, 6.45) is 0.799. The van der Waals surface area contributed by atoms with E-state index in [-0.39, 0.29) is 11.9 Å². The maximum Gasteiger partial charge on any atom is 0.220 e. The molecule has 0 heterocycles. The highest BCUT2D eigenvalue weighted by molar-refractivity contribution is 5.76. The lowest BCUT2D eigenvalue weighted by molar-refractivity contribution is -0.135. The van der Waals surface area contributed by atoms with Gasteiger partial charge in [-0.1, -0.05) is 24.3 Å². The topological polar surface area (TPSA) is 47.6 Å². The molecule has 106 valence electrons. The zero-order valence-corrected chi connectivity index (χ0v) is 12.1. The van der Waals surface area contributed by atoms with Crippen LogP contribution in [0.4, 0.5) is 0 Å². The first-order valence-electron chi connectivity index (χ1n) is 6.48. The molecule has 1 atom stereocenters. The van der Waals surface area contributed by atoms with Crippen LogP contribution < -0.4 is 5.32 Å². The molecule has 0 aliphatic heterocycles. The SMILES string of the molecule is COC(OC)C(C)NC(=O)CCc1ccccc1C. The van der Waals surface area contributed by atoms with Crippen molar-refractivity contribution in [2.24, 2.45) is 0 Å². The number of hydrogen-bond acceptors (Lipinski definition) is 3. The van der Waals surface area contributed by atoms with Gasteiger partial charge in [-0.25, -0.2) is 0 Å². The molecule has 0 aromatic heterocycles. The summed E-state index contributed by atoms with van der Waals surface area (Å²) in [6.45, 7) is 3.92. The van der Waals surface area contributed by atoms with Gasteiger partial charge in [0.1, 0.15) is 0 Å². The van der Waals surface area contributed by atoms with Gasteiger partial charge in [0.15, 0.2) is 6.29 Å². The van der Waals surface area contributed by atoms with Gasteiger partial charge in [0, 0.05) is 20.6 Å². The normalized spacial score (nSPS) is 12.5. The number of carbonyl (C=O) groups is 1. The summed E-state index contributed by atoms with van der Waals surface area (Å²) >= 11 is 0. The van der Waals surface area contributed by atoms with Crippen LogP contribution in [0.5, 0.6) is 0 Å². The standard InChI is InChI=1S/C15H23NO3/c1-11-7-5-6-8-13(11)9-10-14(17)16-12(2)15(18-3)19-4/h5-8,12,15H,9-10H2,1-4H3,(H,16,17). The summed E-state index contributed by atoms with van der Waals surface area (Å²) in [4.78, 5) is 11.9. The predicted octanol–water partition coefficient (Wildman–Crippen LogP) is 2.05. The van der Waals surface area contributed by atoms with Crippen molar-refractivity contribution < 1.29 is 14.3 Å². The molecule has 1 unspecified atom stereocenters. The molecule has 1 aromatic carbocycles. The second-order valence-electron chi connectivity index (χ2n) is 4.62. The molecule has 0 saturated carbocycles. The molecule has 1 aromatic rings. The van der Waals surface area contributed by atoms with Crippen LogP contribution >= 0.6 is 0 Å². The van der Waals surface area contributed by atoms with Crippen LogP contribution in [0.1, 0.15) is 24.5 Å². The maximum absolute atomic E-state index is 11.9. The Morgan fingerprint density at radius 2 is 1.89 bits per heavy atom. The number of hydrogen-bond donors (Lipinski definition) is 1. The average molecular weight is 265 g/mol. The Balaban J connectivity index is 2.42. The summed E-state index contributed by atoms with van der Waals surface area (Å²) < 4.78 is 10.2. The van der Waals surface area contributed by atoms with Gasteiger partial charge in [-0.05, 0) is 31.4 Å². The van der Waals surface area contributed by atoms with Crippen molar-refractivity contribution in [3.63, 3.8) is 0 Å². The highest BCUT2D eigenvalue weighted by atomic mass is 16.7. The van der Waals surface area contributed by atoms with Crippen LogP contribution in [0.25, 0.3) is 0 Å². The molecule has 0 bridgehead atoms. The van der Waals surface area contributed by atoms with Crippen LogP contribution in [0, 0.1) is 6.92 Å². The van der Waals surface area contributed by atoms with Crippen molar-refractivity contribution >= 4 is 5.91 Å². The average Bonchev–Trinajstić information content (AvgIpc) is 2.39. The first kappa shape index (κ1) is 15.7. The number of carbonyl (C=O) groups excluding carboxylic acids is 1. The minimum atomic E-state index is -0.414. The zero-order valence-electron chi connectivity index (χ0n) is 12.1. The Kier molecular flexibility index (Phi) is 6.53. The Bertz CT molecular complexity index is 402. The molecule has 0 radical (unpaired) electrons. The number of nitrogens with one attached hydrogen (secondary N) is 1. The smallest absolute Gasteiger partial charge is 0.220 e. The van der Waals surface area contributed by atoms with Crippen LogP contribution in [0.15, 0.2) is 24.3 Å². The summed E-state index contributed by atoms with van der Waals surface area (Å²) in [5.74, 6) is 0.00912. The van der Waals surface area contributed by atoms with E-state index < -0.39 is 6.29 Å². The monoisotopic (exact) mass is 265 g/mol. The number of amides is 1. The maximum atomic E-state index is 11.9. The minimum Gasteiger partial charge on any atom is -0.354 e. The number of methoxy groups -OCH3 is 2. The summed E-state index contributed by atoms with van der Waals surface area (Å²) in [5.41, 5.74) is 2.43. The lowest BCUT2D eigenvalue weighted by Crippen LogP contribution is -2.43. The third-order valence-electron chi connectivity index (χ3n) is 3.14. The number of ether oxygens (including phenoxy) is 2. The molecule has 4 nitrogen and oxygen atoms in total. The summed E-state index contributed by atoms with van der Waals surface area (Å²) in [5, 5.41) is 2.88. The molecule has 0 aliphatic carbocycles. The van der Waals surface area contributed by atoms with Gasteiger partial charge in [-0.15, -0.1) is 0 Å². The highest BCUT2D eigenvalue weighted by Gasteiger charge is 2.17. The van der Waals surface area contributed by atoms with Crippen molar-refractivity contribution in [3.8, 4) is 0 Å². The lowest BCUT2D eigenvalue weighted by atomic mass is 10.0. The molecule has 4 heteroatoms. The molecule has 1 amide bonds. The third-order valence-corrected chi connectivity index (χ3v) is 3.14. The molecule has 0 fully saturated rings. The first-order chi connectivity index (χ1) is 9.08.